The highest BCUT2D eigenvalue weighted by Gasteiger charge is 2.53. The van der Waals surface area contributed by atoms with Crippen molar-refractivity contribution in [3.63, 3.8) is 0 Å². The Morgan fingerprint density at radius 2 is 1.34 bits per heavy atom. The minimum absolute atomic E-state index is 0.0614. The Kier molecular flexibility index (Phi) is 12.6. The molecule has 0 spiro atoms. The highest BCUT2D eigenvalue weighted by atomic mass is 16.3. The van der Waals surface area contributed by atoms with E-state index >= 15 is 0 Å². The van der Waals surface area contributed by atoms with E-state index in [0.29, 0.717) is 17.8 Å². The maximum atomic E-state index is 7.90. The number of hydrogen-bond acceptors (Lipinski definition) is 3. The molecule has 4 heteroatoms. The second-order valence-electron chi connectivity index (χ2n) is 28.9. The second kappa shape index (κ2) is 17.7. The van der Waals surface area contributed by atoms with Crippen LogP contribution in [0.1, 0.15) is 250 Å². The molecule has 0 radical (unpaired) electrons. The zero-order valence-corrected chi connectivity index (χ0v) is 49.0. The van der Waals surface area contributed by atoms with Gasteiger partial charge in [0.1, 0.15) is 5.76 Å². The van der Waals surface area contributed by atoms with Gasteiger partial charge in [0, 0.05) is 45.0 Å². The molecular formula is C69H91BN2O. The lowest BCUT2D eigenvalue weighted by Crippen LogP contribution is -2.61. The summed E-state index contributed by atoms with van der Waals surface area (Å²) in [5.74, 6) is 2.48. The molecule has 5 aromatic rings. The van der Waals surface area contributed by atoms with Crippen LogP contribution in [0.4, 0.5) is 28.4 Å². The minimum Gasteiger partial charge on any atom is -0.472 e. The number of nitrogens with zero attached hydrogens (tertiary/aromatic N) is 2. The van der Waals surface area contributed by atoms with Crippen molar-refractivity contribution in [1.29, 1.82) is 0 Å². The van der Waals surface area contributed by atoms with E-state index in [1.807, 2.05) is 0 Å². The Labute approximate surface area is 443 Å². The van der Waals surface area contributed by atoms with Crippen molar-refractivity contribution in [2.45, 2.75) is 229 Å². The molecule has 2 atom stereocenters. The van der Waals surface area contributed by atoms with E-state index in [1.165, 1.54) is 127 Å². The van der Waals surface area contributed by atoms with Gasteiger partial charge in [-0.1, -0.05) is 173 Å². The Morgan fingerprint density at radius 3 is 2.00 bits per heavy atom. The number of hydrogen-bond donors (Lipinski definition) is 0. The second-order valence-corrected chi connectivity index (χ2v) is 28.9. The van der Waals surface area contributed by atoms with Gasteiger partial charge in [0.05, 0.1) is 11.3 Å². The van der Waals surface area contributed by atoms with Crippen molar-refractivity contribution in [2.75, 3.05) is 9.80 Å². The maximum absolute atomic E-state index is 7.90. The molecule has 0 saturated heterocycles. The molecule has 0 amide bonds. The predicted molar refractivity (Wildman–Crippen MR) is 317 cm³/mol. The fraction of sp³-hybridized carbons (Fsp3) is 0.536. The molecule has 3 heterocycles. The molecule has 0 saturated carbocycles. The lowest BCUT2D eigenvalue weighted by atomic mass is 9.35. The molecule has 2 unspecified atom stereocenters. The van der Waals surface area contributed by atoms with Gasteiger partial charge in [-0.15, -0.1) is 0 Å². The molecule has 0 bridgehead atoms. The van der Waals surface area contributed by atoms with Crippen molar-refractivity contribution >= 4 is 57.3 Å². The van der Waals surface area contributed by atoms with Gasteiger partial charge in [-0.25, -0.2) is 0 Å². The summed E-state index contributed by atoms with van der Waals surface area (Å²) in [6.45, 7) is 46.4. The van der Waals surface area contributed by atoms with Crippen molar-refractivity contribution < 1.29 is 4.42 Å². The fourth-order valence-electron chi connectivity index (χ4n) is 13.9. The van der Waals surface area contributed by atoms with E-state index in [4.69, 9.17) is 4.42 Å². The monoisotopic (exact) mass is 975 g/mol. The molecule has 0 fully saturated rings. The van der Waals surface area contributed by atoms with E-state index < -0.39 is 0 Å². The van der Waals surface area contributed by atoms with Gasteiger partial charge < -0.3 is 14.2 Å². The van der Waals surface area contributed by atoms with Crippen molar-refractivity contribution in [1.82, 2.24) is 0 Å². The predicted octanol–water partition coefficient (Wildman–Crippen LogP) is 18.4. The smallest absolute Gasteiger partial charge is 0.297 e. The van der Waals surface area contributed by atoms with E-state index in [1.54, 1.807) is 0 Å². The van der Waals surface area contributed by atoms with Gasteiger partial charge in [0.15, 0.2) is 0 Å². The summed E-state index contributed by atoms with van der Waals surface area (Å²) in [5, 5.41) is 0. The number of anilines is 5. The normalized spacial score (nSPS) is 23.2. The van der Waals surface area contributed by atoms with Crippen LogP contribution in [-0.2, 0) is 21.7 Å². The maximum Gasteiger partial charge on any atom is 0.297 e. The highest BCUT2D eigenvalue weighted by molar-refractivity contribution is 6.99. The highest BCUT2D eigenvalue weighted by Crippen LogP contribution is 2.56. The van der Waals surface area contributed by atoms with E-state index in [-0.39, 0.29) is 39.2 Å². The first-order valence-corrected chi connectivity index (χ1v) is 28.8. The lowest BCUT2D eigenvalue weighted by molar-refractivity contribution is 0.241. The van der Waals surface area contributed by atoms with Crippen LogP contribution in [0.2, 0.25) is 0 Å². The molecule has 10 rings (SSSR count). The van der Waals surface area contributed by atoms with E-state index in [2.05, 4.69) is 220 Å². The van der Waals surface area contributed by atoms with Gasteiger partial charge in [0.25, 0.3) is 6.71 Å². The zero-order chi connectivity index (χ0) is 52.7. The van der Waals surface area contributed by atoms with E-state index in [9.17, 15) is 0 Å². The molecule has 2 aliphatic heterocycles. The van der Waals surface area contributed by atoms with Crippen LogP contribution in [0.25, 0.3) is 5.57 Å². The summed E-state index contributed by atoms with van der Waals surface area (Å²) in [5.41, 5.74) is 24.4. The van der Waals surface area contributed by atoms with Gasteiger partial charge in [-0.05, 0) is 190 Å². The summed E-state index contributed by atoms with van der Waals surface area (Å²) in [4.78, 5) is 5.51. The average molecular weight is 975 g/mol. The van der Waals surface area contributed by atoms with Crippen LogP contribution < -0.4 is 26.4 Å². The number of aryl methyl sites for hydroxylation is 1. The Hall–Kier alpha value is -4.70. The average Bonchev–Trinajstić information content (AvgIpc) is 3.74. The third-order valence-electron chi connectivity index (χ3n) is 19.1. The van der Waals surface area contributed by atoms with Crippen LogP contribution in [0.5, 0.6) is 0 Å². The first-order chi connectivity index (χ1) is 34.1. The summed E-state index contributed by atoms with van der Waals surface area (Å²) in [6.07, 6.45) is 15.4. The Morgan fingerprint density at radius 1 is 0.699 bits per heavy atom. The molecule has 3 nitrogen and oxygen atoms in total. The SMILES string of the molecule is CCC(C)c1cc2c(cc1C(C)C)N(C1=C/CC(C)(C)CCC(C)(C)C/C=C\1c1ccccc1C(C)(C)C)c1cc(C)cc3c1B2c1oc2c(c1N3c1ccc3c(c1)C(C)(C)CCC3C)C(C)(C)CCC2(C)C. The Balaban J connectivity index is 1.37. The quantitative estimate of drug-likeness (QED) is 0.155. The number of allylic oxidation sites excluding steroid dienone is 3. The largest absolute Gasteiger partial charge is 0.472 e. The summed E-state index contributed by atoms with van der Waals surface area (Å²) in [6, 6.07) is 27.4. The van der Waals surface area contributed by atoms with Crippen molar-refractivity contribution in [2.24, 2.45) is 10.8 Å². The number of rotatable bonds is 6. The van der Waals surface area contributed by atoms with Crippen LogP contribution in [0.3, 0.4) is 0 Å². The van der Waals surface area contributed by atoms with Gasteiger partial charge in [-0.3, -0.25) is 0 Å². The number of benzene rings is 4. The minimum atomic E-state index is -0.111. The molecule has 73 heavy (non-hydrogen) atoms. The fourth-order valence-corrected chi connectivity index (χ4v) is 13.9. The summed E-state index contributed by atoms with van der Waals surface area (Å²) >= 11 is 0. The Bertz CT molecular complexity index is 3060. The molecular weight excluding hydrogens is 884 g/mol. The number of furan rings is 1. The molecule has 4 aromatic carbocycles. The summed E-state index contributed by atoms with van der Waals surface area (Å²) in [7, 11) is 0. The third-order valence-corrected chi connectivity index (χ3v) is 19.1. The molecule has 386 valence electrons. The van der Waals surface area contributed by atoms with Crippen LogP contribution in [-0.4, -0.2) is 6.71 Å². The van der Waals surface area contributed by atoms with Gasteiger partial charge in [0.2, 0.25) is 0 Å². The van der Waals surface area contributed by atoms with Crippen LogP contribution in [0, 0.1) is 17.8 Å². The van der Waals surface area contributed by atoms with Gasteiger partial charge >= 0.3 is 0 Å². The third kappa shape index (κ3) is 8.73. The van der Waals surface area contributed by atoms with E-state index in [0.717, 1.165) is 37.8 Å². The van der Waals surface area contributed by atoms with Crippen LogP contribution in [0.15, 0.2) is 89.0 Å². The molecule has 3 aliphatic carbocycles. The van der Waals surface area contributed by atoms with Crippen molar-refractivity contribution in [3.8, 4) is 0 Å². The van der Waals surface area contributed by atoms with Gasteiger partial charge in [-0.2, -0.15) is 0 Å². The number of fused-ring (bicyclic) bond motifs is 7. The standard InChI is InChI=1S/C69H91BN2O/c1-20-44(5)51-40-54-56(41-50(51)42(2)3)72(55-29-31-66(12,13)34-33-65(10,11)30-28-49(55)48-23-21-22-24-52(48)64(7,8)9)58-38-43(4)37-57-60(58)70(54)63-61(59-62(73-63)69(18,19)36-35-68(59,16)17)71(57)46-25-26-47-45(6)27-32-67(14,15)53(47)39-46/h21-26,28-29,37-42,44-45H,20,27,30-36H2,1-19H3/b49-28-,55-29+. The molecule has 1 aromatic heterocycles. The first kappa shape index (κ1) is 51.8. The summed E-state index contributed by atoms with van der Waals surface area (Å²) < 4.78 is 7.90. The van der Waals surface area contributed by atoms with Crippen LogP contribution >= 0.6 is 0 Å². The zero-order valence-electron chi connectivity index (χ0n) is 49.0. The molecule has 5 aliphatic rings. The lowest BCUT2D eigenvalue weighted by Gasteiger charge is -2.46. The molecule has 0 N–H and O–H groups in total. The topological polar surface area (TPSA) is 19.6 Å². The first-order valence-electron chi connectivity index (χ1n) is 28.8. The van der Waals surface area contributed by atoms with Crippen molar-refractivity contribution in [3.05, 3.63) is 135 Å².